The molecule has 0 aromatic heterocycles. The fourth-order valence-corrected chi connectivity index (χ4v) is 5.23. The van der Waals surface area contributed by atoms with E-state index in [4.69, 9.17) is 9.47 Å². The Morgan fingerprint density at radius 1 is 0.535 bits per heavy atom. The summed E-state index contributed by atoms with van der Waals surface area (Å²) in [5, 5.41) is 0. The summed E-state index contributed by atoms with van der Waals surface area (Å²) in [5.41, 5.74) is 0.645. The molecular formula is C37H48F4O2. The van der Waals surface area contributed by atoms with E-state index in [9.17, 15) is 4.39 Å². The van der Waals surface area contributed by atoms with Gasteiger partial charge in [0.2, 0.25) is 0 Å². The second kappa shape index (κ2) is 18.6. The summed E-state index contributed by atoms with van der Waals surface area (Å²) in [4.78, 5) is 0. The molecule has 3 rings (SSSR count). The molecule has 43 heavy (non-hydrogen) atoms. The highest BCUT2D eigenvalue weighted by Crippen LogP contribution is 2.39. The van der Waals surface area contributed by atoms with E-state index < -0.39 is 29.1 Å². The van der Waals surface area contributed by atoms with Gasteiger partial charge in [0.25, 0.3) is 0 Å². The molecule has 236 valence electrons. The first-order valence-electron chi connectivity index (χ1n) is 16.2. The quantitative estimate of drug-likeness (QED) is 0.0894. The molecule has 0 radical (unpaired) electrons. The Labute approximate surface area is 255 Å². The molecule has 3 aromatic carbocycles. The van der Waals surface area contributed by atoms with E-state index in [-0.39, 0.29) is 11.5 Å². The number of alkyl halides is 2. The van der Waals surface area contributed by atoms with Crippen LogP contribution in [0.25, 0.3) is 0 Å². The highest BCUT2D eigenvalue weighted by Gasteiger charge is 2.42. The van der Waals surface area contributed by atoms with Gasteiger partial charge >= 0.3 is 6.11 Å². The van der Waals surface area contributed by atoms with Gasteiger partial charge in [-0.25, -0.2) is 8.78 Å². The molecule has 0 spiro atoms. The fourth-order valence-electron chi connectivity index (χ4n) is 5.23. The van der Waals surface area contributed by atoms with Gasteiger partial charge in [-0.15, -0.1) is 0 Å². The molecule has 0 aliphatic heterocycles. The number of aryl methyl sites for hydroxylation is 2. The third-order valence-electron chi connectivity index (χ3n) is 7.81. The Hall–Kier alpha value is -3.02. The van der Waals surface area contributed by atoms with Gasteiger partial charge in [-0.3, -0.25) is 0 Å². The molecule has 3 aromatic rings. The number of benzene rings is 3. The predicted octanol–water partition coefficient (Wildman–Crippen LogP) is 12.5. The standard InChI is InChI=1S/C37H48F4O2/c1-3-5-7-9-11-12-14-16-18-30-21-25-32(26-22-30)43-37(40,41)35-33(38)27-28-34(36(35)39)42-31-23-19-29(20-24-31)17-15-13-10-8-6-4-2/h19-28H,3-18H2,1-2H3. The zero-order valence-electron chi connectivity index (χ0n) is 25.9. The lowest BCUT2D eigenvalue weighted by atomic mass is 10.0. The van der Waals surface area contributed by atoms with Crippen LogP contribution in [0.4, 0.5) is 17.6 Å². The van der Waals surface area contributed by atoms with Crippen molar-refractivity contribution < 1.29 is 27.0 Å². The van der Waals surface area contributed by atoms with E-state index >= 15 is 13.2 Å². The van der Waals surface area contributed by atoms with Crippen molar-refractivity contribution >= 4 is 0 Å². The van der Waals surface area contributed by atoms with Gasteiger partial charge in [-0.05, 0) is 73.2 Å². The van der Waals surface area contributed by atoms with Crippen LogP contribution >= 0.6 is 0 Å². The van der Waals surface area contributed by atoms with Gasteiger partial charge in [0.1, 0.15) is 22.9 Å². The average molecular weight is 601 g/mol. The van der Waals surface area contributed by atoms with E-state index in [2.05, 4.69) is 13.8 Å². The number of rotatable bonds is 21. The van der Waals surface area contributed by atoms with Gasteiger partial charge in [0.15, 0.2) is 11.6 Å². The molecule has 0 fully saturated rings. The van der Waals surface area contributed by atoms with Gasteiger partial charge in [0, 0.05) is 0 Å². The minimum Gasteiger partial charge on any atom is -0.454 e. The maximum absolute atomic E-state index is 15.2. The molecule has 0 atom stereocenters. The zero-order valence-corrected chi connectivity index (χ0v) is 25.9. The van der Waals surface area contributed by atoms with E-state index in [1.807, 2.05) is 12.1 Å². The van der Waals surface area contributed by atoms with Crippen LogP contribution in [0.1, 0.15) is 120 Å². The lowest BCUT2D eigenvalue weighted by Crippen LogP contribution is -2.25. The Morgan fingerprint density at radius 2 is 0.977 bits per heavy atom. The van der Waals surface area contributed by atoms with Gasteiger partial charge in [-0.2, -0.15) is 8.78 Å². The van der Waals surface area contributed by atoms with Crippen LogP contribution in [0.15, 0.2) is 60.7 Å². The summed E-state index contributed by atoms with van der Waals surface area (Å²) in [6, 6.07) is 15.1. The van der Waals surface area contributed by atoms with Crippen molar-refractivity contribution in [3.05, 3.63) is 89.0 Å². The molecule has 0 N–H and O–H groups in total. The fraction of sp³-hybridized carbons (Fsp3) is 0.514. The lowest BCUT2D eigenvalue weighted by Gasteiger charge is -2.20. The molecule has 0 aliphatic carbocycles. The molecule has 6 heteroatoms. The molecule has 2 nitrogen and oxygen atoms in total. The van der Waals surface area contributed by atoms with Crippen LogP contribution in [0, 0.1) is 11.6 Å². The highest BCUT2D eigenvalue weighted by molar-refractivity contribution is 5.39. The van der Waals surface area contributed by atoms with Crippen LogP contribution in [-0.4, -0.2) is 0 Å². The third-order valence-corrected chi connectivity index (χ3v) is 7.81. The summed E-state index contributed by atoms with van der Waals surface area (Å²) < 4.78 is 70.3. The van der Waals surface area contributed by atoms with Crippen LogP contribution in [-0.2, 0) is 19.0 Å². The molecule has 0 saturated carbocycles. The largest absolute Gasteiger partial charge is 0.454 e. The van der Waals surface area contributed by atoms with Crippen molar-refractivity contribution in [2.45, 2.75) is 123 Å². The van der Waals surface area contributed by atoms with Gasteiger partial charge in [0.05, 0.1) is 0 Å². The highest BCUT2D eigenvalue weighted by atomic mass is 19.3. The Balaban J connectivity index is 1.54. The normalized spacial score (nSPS) is 11.6. The number of hydrogen-bond acceptors (Lipinski definition) is 2. The first kappa shape index (κ1) is 34.5. The summed E-state index contributed by atoms with van der Waals surface area (Å²) in [5.74, 6) is -3.29. The molecular weight excluding hydrogens is 552 g/mol. The van der Waals surface area contributed by atoms with Gasteiger partial charge < -0.3 is 9.47 Å². The second-order valence-corrected chi connectivity index (χ2v) is 11.5. The molecule has 0 amide bonds. The molecule has 0 aliphatic rings. The Morgan fingerprint density at radius 3 is 1.47 bits per heavy atom. The van der Waals surface area contributed by atoms with E-state index in [1.165, 1.54) is 82.8 Å². The monoisotopic (exact) mass is 600 g/mol. The summed E-state index contributed by atoms with van der Waals surface area (Å²) in [6.07, 6.45) is 14.4. The predicted molar refractivity (Wildman–Crippen MR) is 167 cm³/mol. The van der Waals surface area contributed by atoms with E-state index in [0.717, 1.165) is 55.4 Å². The average Bonchev–Trinajstić information content (AvgIpc) is 2.99. The van der Waals surface area contributed by atoms with Crippen LogP contribution < -0.4 is 9.47 Å². The Kier molecular flexibility index (Phi) is 14.9. The van der Waals surface area contributed by atoms with Crippen molar-refractivity contribution in [1.29, 1.82) is 0 Å². The molecule has 0 heterocycles. The van der Waals surface area contributed by atoms with Crippen molar-refractivity contribution in [1.82, 2.24) is 0 Å². The Bertz CT molecular complexity index is 1190. The lowest BCUT2D eigenvalue weighted by molar-refractivity contribution is -0.189. The second-order valence-electron chi connectivity index (χ2n) is 11.5. The number of hydrogen-bond donors (Lipinski definition) is 0. The summed E-state index contributed by atoms with van der Waals surface area (Å²) in [7, 11) is 0. The maximum Gasteiger partial charge on any atom is 0.432 e. The molecule has 0 saturated heterocycles. The SMILES string of the molecule is CCCCCCCCCCc1ccc(OC(F)(F)c2c(F)ccc(Oc3ccc(CCCCCCCC)cc3)c2F)cc1. The first-order valence-corrected chi connectivity index (χ1v) is 16.2. The number of halogens is 4. The van der Waals surface area contributed by atoms with Gasteiger partial charge in [-0.1, -0.05) is 115 Å². The molecule has 0 bridgehead atoms. The first-order chi connectivity index (χ1) is 20.8. The third kappa shape index (κ3) is 11.9. The zero-order chi connectivity index (χ0) is 30.9. The van der Waals surface area contributed by atoms with Crippen molar-refractivity contribution in [2.24, 2.45) is 0 Å². The van der Waals surface area contributed by atoms with E-state index in [0.29, 0.717) is 0 Å². The van der Waals surface area contributed by atoms with E-state index in [1.54, 1.807) is 24.3 Å². The van der Waals surface area contributed by atoms with Crippen molar-refractivity contribution in [2.75, 3.05) is 0 Å². The summed E-state index contributed by atoms with van der Waals surface area (Å²) >= 11 is 0. The summed E-state index contributed by atoms with van der Waals surface area (Å²) in [6.45, 7) is 4.40. The van der Waals surface area contributed by atoms with Crippen molar-refractivity contribution in [3.8, 4) is 17.2 Å². The molecule has 0 unspecified atom stereocenters. The topological polar surface area (TPSA) is 18.5 Å². The van der Waals surface area contributed by atoms with Crippen LogP contribution in [0.2, 0.25) is 0 Å². The minimum absolute atomic E-state index is 0.171. The van der Waals surface area contributed by atoms with Crippen molar-refractivity contribution in [3.63, 3.8) is 0 Å². The smallest absolute Gasteiger partial charge is 0.432 e. The maximum atomic E-state index is 15.2. The van der Waals surface area contributed by atoms with Crippen LogP contribution in [0.3, 0.4) is 0 Å². The van der Waals surface area contributed by atoms with Crippen LogP contribution in [0.5, 0.6) is 17.2 Å². The number of unbranched alkanes of at least 4 members (excludes halogenated alkanes) is 12. The minimum atomic E-state index is -4.24. The number of ether oxygens (including phenoxy) is 2.